The number of sulfone groups is 1. The van der Waals surface area contributed by atoms with Crippen LogP contribution in [-0.2, 0) is 31.1 Å². The van der Waals surface area contributed by atoms with Crippen LogP contribution in [-0.4, -0.2) is 85.7 Å². The number of hydrogen-bond acceptors (Lipinski definition) is 6. The van der Waals surface area contributed by atoms with Gasteiger partial charge in [-0.3, -0.25) is 9.48 Å². The van der Waals surface area contributed by atoms with Crippen molar-refractivity contribution >= 4 is 25.8 Å². The molecule has 2 fully saturated rings. The van der Waals surface area contributed by atoms with E-state index in [0.29, 0.717) is 32.6 Å². The van der Waals surface area contributed by atoms with Crippen molar-refractivity contribution in [2.24, 2.45) is 0 Å². The van der Waals surface area contributed by atoms with Crippen LogP contribution in [0.4, 0.5) is 0 Å². The summed E-state index contributed by atoms with van der Waals surface area (Å²) in [6, 6.07) is -0.171. The highest BCUT2D eigenvalue weighted by atomic mass is 32.2. The van der Waals surface area contributed by atoms with Crippen molar-refractivity contribution in [1.29, 1.82) is 0 Å². The maximum Gasteiger partial charge on any atom is 0.227 e. The molecule has 2 aliphatic heterocycles. The molecule has 11 heteroatoms. The minimum absolute atomic E-state index is 0.0621. The summed E-state index contributed by atoms with van der Waals surface area (Å²) >= 11 is 0. The first-order valence-electron chi connectivity index (χ1n) is 8.96. The van der Waals surface area contributed by atoms with Gasteiger partial charge in [-0.15, -0.1) is 0 Å². The topological polar surface area (TPSA) is 110 Å². The van der Waals surface area contributed by atoms with Crippen molar-refractivity contribution in [3.63, 3.8) is 0 Å². The fraction of sp³-hybridized carbons (Fsp3) is 0.750. The summed E-state index contributed by atoms with van der Waals surface area (Å²) in [4.78, 5) is 14.4. The highest BCUT2D eigenvalue weighted by molar-refractivity contribution is 7.91. The number of carbonyl (C=O) groups excluding carboxylic acids is 1. The molecule has 1 atom stereocenters. The lowest BCUT2D eigenvalue weighted by Crippen LogP contribution is -2.50. The van der Waals surface area contributed by atoms with Crippen molar-refractivity contribution in [3.05, 3.63) is 17.0 Å². The molecule has 0 N–H and O–H groups in total. The van der Waals surface area contributed by atoms with Gasteiger partial charge in [-0.1, -0.05) is 0 Å². The van der Waals surface area contributed by atoms with Gasteiger partial charge in [0.05, 0.1) is 35.9 Å². The van der Waals surface area contributed by atoms with Gasteiger partial charge in [0.15, 0.2) is 9.84 Å². The van der Waals surface area contributed by atoms with Crippen LogP contribution in [0.5, 0.6) is 0 Å². The number of piperazine rings is 1. The molecule has 1 amide bonds. The van der Waals surface area contributed by atoms with Gasteiger partial charge in [0.2, 0.25) is 15.9 Å². The predicted octanol–water partition coefficient (Wildman–Crippen LogP) is -0.494. The van der Waals surface area contributed by atoms with Crippen LogP contribution in [0.3, 0.4) is 0 Å². The van der Waals surface area contributed by atoms with Gasteiger partial charge < -0.3 is 4.90 Å². The summed E-state index contributed by atoms with van der Waals surface area (Å²) in [5, 5.41) is 4.49. The second-order valence-electron chi connectivity index (χ2n) is 7.37. The van der Waals surface area contributed by atoms with Gasteiger partial charge in [0.1, 0.15) is 0 Å². The molecule has 1 aromatic heterocycles. The minimum Gasteiger partial charge on any atom is -0.340 e. The molecule has 0 bridgehead atoms. The number of sulfonamides is 1. The quantitative estimate of drug-likeness (QED) is 0.652. The van der Waals surface area contributed by atoms with E-state index in [-0.39, 0.29) is 29.9 Å². The Bertz CT molecular complexity index is 944. The standard InChI is InChI=1S/C16H26N4O5S2/c1-12-15(13(2)20(17-12)14-4-9-27(24,25)11-14)10-16(21)18-5-7-19(8-6-18)26(3,22)23/h14H,4-11H2,1-3H3/t14-/m0/s1. The first-order valence-corrected chi connectivity index (χ1v) is 12.6. The summed E-state index contributed by atoms with van der Waals surface area (Å²) in [7, 11) is -6.24. The van der Waals surface area contributed by atoms with Crippen LogP contribution >= 0.6 is 0 Å². The van der Waals surface area contributed by atoms with Gasteiger partial charge in [-0.05, 0) is 20.3 Å². The fourth-order valence-electron chi connectivity index (χ4n) is 3.81. The maximum atomic E-state index is 12.7. The van der Waals surface area contributed by atoms with E-state index in [9.17, 15) is 21.6 Å². The van der Waals surface area contributed by atoms with E-state index < -0.39 is 19.9 Å². The van der Waals surface area contributed by atoms with E-state index in [1.54, 1.807) is 9.58 Å². The second kappa shape index (κ2) is 7.17. The SMILES string of the molecule is Cc1nn([C@H]2CCS(=O)(=O)C2)c(C)c1CC(=O)N1CCN(S(C)(=O)=O)CC1. The zero-order valence-corrected chi connectivity index (χ0v) is 17.5. The highest BCUT2D eigenvalue weighted by Gasteiger charge is 2.32. The smallest absolute Gasteiger partial charge is 0.227 e. The lowest BCUT2D eigenvalue weighted by atomic mass is 10.1. The number of amides is 1. The van der Waals surface area contributed by atoms with Crippen molar-refractivity contribution in [1.82, 2.24) is 19.0 Å². The number of aromatic nitrogens is 2. The Morgan fingerprint density at radius 1 is 1.19 bits per heavy atom. The van der Waals surface area contributed by atoms with Gasteiger partial charge in [-0.25, -0.2) is 16.8 Å². The molecule has 0 aromatic carbocycles. The normalized spacial score (nSPS) is 23.7. The van der Waals surface area contributed by atoms with Gasteiger partial charge in [0.25, 0.3) is 0 Å². The number of carbonyl (C=O) groups is 1. The monoisotopic (exact) mass is 418 g/mol. The fourth-order valence-corrected chi connectivity index (χ4v) is 6.33. The van der Waals surface area contributed by atoms with Crippen LogP contribution in [0.15, 0.2) is 0 Å². The molecule has 9 nitrogen and oxygen atoms in total. The summed E-state index contributed by atoms with van der Waals surface area (Å²) in [5.41, 5.74) is 2.40. The van der Waals surface area contributed by atoms with Crippen LogP contribution in [0.2, 0.25) is 0 Å². The van der Waals surface area contributed by atoms with E-state index in [1.807, 2.05) is 13.8 Å². The summed E-state index contributed by atoms with van der Waals surface area (Å²) in [6.07, 6.45) is 1.91. The summed E-state index contributed by atoms with van der Waals surface area (Å²) in [6.45, 7) is 5.06. The Labute approximate surface area is 160 Å². The van der Waals surface area contributed by atoms with Gasteiger partial charge in [0, 0.05) is 37.4 Å². The van der Waals surface area contributed by atoms with E-state index in [2.05, 4.69) is 5.10 Å². The Hall–Kier alpha value is -1.46. The molecule has 3 heterocycles. The molecule has 152 valence electrons. The van der Waals surface area contributed by atoms with Gasteiger partial charge in [-0.2, -0.15) is 9.40 Å². The number of rotatable bonds is 4. The molecule has 2 aliphatic rings. The Morgan fingerprint density at radius 2 is 1.81 bits per heavy atom. The van der Waals surface area contributed by atoms with E-state index in [0.717, 1.165) is 17.0 Å². The van der Waals surface area contributed by atoms with Crippen molar-refractivity contribution in [3.8, 4) is 0 Å². The molecule has 0 saturated carbocycles. The van der Waals surface area contributed by atoms with Crippen LogP contribution in [0.25, 0.3) is 0 Å². The third kappa shape index (κ3) is 4.35. The number of nitrogens with zero attached hydrogens (tertiary/aromatic N) is 4. The second-order valence-corrected chi connectivity index (χ2v) is 11.6. The lowest BCUT2D eigenvalue weighted by Gasteiger charge is -2.33. The predicted molar refractivity (Wildman–Crippen MR) is 101 cm³/mol. The van der Waals surface area contributed by atoms with Crippen molar-refractivity contribution < 1.29 is 21.6 Å². The first kappa shape index (κ1) is 20.3. The molecule has 3 rings (SSSR count). The van der Waals surface area contributed by atoms with E-state index >= 15 is 0 Å². The number of hydrogen-bond donors (Lipinski definition) is 0. The molecule has 2 saturated heterocycles. The third-order valence-electron chi connectivity index (χ3n) is 5.42. The van der Waals surface area contributed by atoms with Crippen LogP contribution in [0, 0.1) is 13.8 Å². The first-order chi connectivity index (χ1) is 12.5. The van der Waals surface area contributed by atoms with Crippen molar-refractivity contribution in [2.45, 2.75) is 32.7 Å². The van der Waals surface area contributed by atoms with Gasteiger partial charge >= 0.3 is 0 Å². The largest absolute Gasteiger partial charge is 0.340 e. The molecular weight excluding hydrogens is 392 g/mol. The van der Waals surface area contributed by atoms with E-state index in [1.165, 1.54) is 10.6 Å². The molecule has 1 aromatic rings. The average Bonchev–Trinajstić information content (AvgIpc) is 3.07. The van der Waals surface area contributed by atoms with Crippen molar-refractivity contribution in [2.75, 3.05) is 43.9 Å². The van der Waals surface area contributed by atoms with E-state index in [4.69, 9.17) is 0 Å². The highest BCUT2D eigenvalue weighted by Crippen LogP contribution is 2.27. The Kier molecular flexibility index (Phi) is 5.39. The Balaban J connectivity index is 1.69. The number of aryl methyl sites for hydroxylation is 1. The summed E-state index contributed by atoms with van der Waals surface area (Å²) in [5.74, 6) is 0.206. The zero-order valence-electron chi connectivity index (χ0n) is 15.9. The third-order valence-corrected chi connectivity index (χ3v) is 8.47. The molecular formula is C16H26N4O5S2. The maximum absolute atomic E-state index is 12.7. The lowest BCUT2D eigenvalue weighted by molar-refractivity contribution is -0.131. The molecule has 27 heavy (non-hydrogen) atoms. The molecule has 0 aliphatic carbocycles. The average molecular weight is 419 g/mol. The molecule has 0 spiro atoms. The molecule has 0 radical (unpaired) electrons. The summed E-state index contributed by atoms with van der Waals surface area (Å²) < 4.78 is 49.8. The Morgan fingerprint density at radius 3 is 2.33 bits per heavy atom. The zero-order chi connectivity index (χ0) is 20.0. The molecule has 0 unspecified atom stereocenters. The van der Waals surface area contributed by atoms with Crippen LogP contribution in [0.1, 0.15) is 29.4 Å². The minimum atomic E-state index is -3.23. The van der Waals surface area contributed by atoms with Crippen LogP contribution < -0.4 is 0 Å².